The van der Waals surface area contributed by atoms with E-state index < -0.39 is 28.4 Å². The summed E-state index contributed by atoms with van der Waals surface area (Å²) in [5.74, 6) is -0.916. The number of hydrogen-bond acceptors (Lipinski definition) is 9. The molecule has 2 aromatic carbocycles. The molecule has 1 N–H and O–H groups in total. The normalized spacial score (nSPS) is 11.1. The van der Waals surface area contributed by atoms with Crippen LogP contribution in [-0.2, 0) is 24.3 Å². The Morgan fingerprint density at radius 3 is 2.52 bits per heavy atom. The molecule has 0 fully saturated rings. The number of carbonyl (C=O) groups is 2. The first-order valence-electron chi connectivity index (χ1n) is 9.68. The van der Waals surface area contributed by atoms with Crippen LogP contribution in [-0.4, -0.2) is 49.9 Å². The smallest absolute Gasteiger partial charge is 0.316 e. The molecule has 3 rings (SSSR count). The van der Waals surface area contributed by atoms with E-state index in [-0.39, 0.29) is 15.8 Å². The predicted octanol–water partition coefficient (Wildman–Crippen LogP) is 3.25. The van der Waals surface area contributed by atoms with Crippen molar-refractivity contribution in [2.75, 3.05) is 29.0 Å². The monoisotopic (exact) mass is 506 g/mol. The minimum atomic E-state index is -4.01. The number of thioether (sulfide) groups is 1. The molecule has 0 aliphatic rings. The number of benzene rings is 2. The van der Waals surface area contributed by atoms with E-state index in [1.165, 1.54) is 19.2 Å². The number of ether oxygens (including phenoxy) is 1. The number of aromatic nitrogens is 2. The molecule has 1 amide bonds. The van der Waals surface area contributed by atoms with Crippen LogP contribution < -0.4 is 9.62 Å². The van der Waals surface area contributed by atoms with Crippen molar-refractivity contribution in [1.82, 2.24) is 10.2 Å². The number of sulfonamides is 1. The van der Waals surface area contributed by atoms with E-state index in [1.54, 1.807) is 37.3 Å². The molecule has 9 nitrogen and oxygen atoms in total. The van der Waals surface area contributed by atoms with E-state index in [1.807, 2.05) is 13.0 Å². The van der Waals surface area contributed by atoms with Gasteiger partial charge in [-0.05, 0) is 37.6 Å². The Balaban J connectivity index is 1.83. The van der Waals surface area contributed by atoms with Crippen molar-refractivity contribution in [1.29, 1.82) is 0 Å². The third-order valence-corrected chi connectivity index (χ3v) is 8.15. The number of methoxy groups -OCH3 is 1. The van der Waals surface area contributed by atoms with Crippen molar-refractivity contribution in [3.63, 3.8) is 0 Å². The Kier molecular flexibility index (Phi) is 8.06. The van der Waals surface area contributed by atoms with Crippen LogP contribution in [0.15, 0.2) is 57.8 Å². The van der Waals surface area contributed by atoms with Crippen molar-refractivity contribution in [2.45, 2.75) is 23.1 Å². The van der Waals surface area contributed by atoms with Gasteiger partial charge in [0.05, 0.1) is 23.4 Å². The Bertz CT molecular complexity index is 1250. The van der Waals surface area contributed by atoms with Gasteiger partial charge in [0, 0.05) is 0 Å². The molecule has 12 heteroatoms. The van der Waals surface area contributed by atoms with Gasteiger partial charge < -0.3 is 4.74 Å². The molecular weight excluding hydrogens is 484 g/mol. The van der Waals surface area contributed by atoms with Crippen LogP contribution >= 0.6 is 23.1 Å². The van der Waals surface area contributed by atoms with Crippen LogP contribution in [0.3, 0.4) is 0 Å². The lowest BCUT2D eigenvalue weighted by Crippen LogP contribution is -2.38. The van der Waals surface area contributed by atoms with Crippen LogP contribution in [0.4, 0.5) is 10.8 Å². The SMILES string of the molecule is COC(=O)CSc1nnc(NC(=O)CN(c2ccc(C)cc2C)S(=O)(=O)c2ccccc2)s1. The summed E-state index contributed by atoms with van der Waals surface area (Å²) in [6, 6.07) is 13.3. The van der Waals surface area contributed by atoms with E-state index in [2.05, 4.69) is 20.3 Å². The third-order valence-electron chi connectivity index (χ3n) is 4.43. The highest BCUT2D eigenvalue weighted by Gasteiger charge is 2.28. The standard InChI is InChI=1S/C21H22N4O5S3/c1-14-9-10-17(15(2)11-14)25(33(28,29)16-7-5-4-6-8-16)12-18(26)22-20-23-24-21(32-20)31-13-19(27)30-3/h4-11H,12-13H2,1-3H3,(H,22,23,26). The molecule has 1 heterocycles. The number of nitrogens with zero attached hydrogens (tertiary/aromatic N) is 3. The highest BCUT2D eigenvalue weighted by molar-refractivity contribution is 8.01. The highest BCUT2D eigenvalue weighted by atomic mass is 32.2. The third kappa shape index (κ3) is 6.30. The zero-order valence-electron chi connectivity index (χ0n) is 18.1. The molecule has 1 aromatic heterocycles. The van der Waals surface area contributed by atoms with Gasteiger partial charge in [0.15, 0.2) is 4.34 Å². The molecule has 3 aromatic rings. The lowest BCUT2D eigenvalue weighted by molar-refractivity contribution is -0.137. The number of esters is 1. The second kappa shape index (κ2) is 10.8. The summed E-state index contributed by atoms with van der Waals surface area (Å²) >= 11 is 2.21. The average molecular weight is 507 g/mol. The second-order valence-corrected chi connectivity index (χ2v) is 11.0. The number of aryl methyl sites for hydroxylation is 2. The number of rotatable bonds is 9. The van der Waals surface area contributed by atoms with Gasteiger partial charge >= 0.3 is 5.97 Å². The molecule has 0 radical (unpaired) electrons. The predicted molar refractivity (Wildman–Crippen MR) is 128 cm³/mol. The number of nitrogens with one attached hydrogen (secondary N) is 1. The summed E-state index contributed by atoms with van der Waals surface area (Å²) in [6.07, 6.45) is 0. The minimum absolute atomic E-state index is 0.0644. The van der Waals surface area contributed by atoms with Crippen molar-refractivity contribution in [3.8, 4) is 0 Å². The maximum Gasteiger partial charge on any atom is 0.316 e. The van der Waals surface area contributed by atoms with Gasteiger partial charge in [0.1, 0.15) is 6.54 Å². The highest BCUT2D eigenvalue weighted by Crippen LogP contribution is 2.29. The zero-order chi connectivity index (χ0) is 24.0. The van der Waals surface area contributed by atoms with Gasteiger partial charge in [-0.1, -0.05) is 59.0 Å². The number of anilines is 2. The summed E-state index contributed by atoms with van der Waals surface area (Å²) in [4.78, 5) is 24.2. The maximum atomic E-state index is 13.4. The van der Waals surface area contributed by atoms with Gasteiger partial charge in [0.25, 0.3) is 10.0 Å². The van der Waals surface area contributed by atoms with Gasteiger partial charge in [-0.3, -0.25) is 19.2 Å². The van der Waals surface area contributed by atoms with Crippen molar-refractivity contribution < 1.29 is 22.7 Å². The average Bonchev–Trinajstić information content (AvgIpc) is 3.24. The van der Waals surface area contributed by atoms with Crippen molar-refractivity contribution in [2.24, 2.45) is 0 Å². The molecule has 0 aliphatic heterocycles. The lowest BCUT2D eigenvalue weighted by Gasteiger charge is -2.25. The zero-order valence-corrected chi connectivity index (χ0v) is 20.6. The fourth-order valence-corrected chi connectivity index (χ4v) is 6.00. The summed E-state index contributed by atoms with van der Waals surface area (Å²) in [5, 5.41) is 10.6. The first kappa shape index (κ1) is 24.7. The first-order chi connectivity index (χ1) is 15.7. The van der Waals surface area contributed by atoms with E-state index in [9.17, 15) is 18.0 Å². The molecule has 0 aliphatic carbocycles. The van der Waals surface area contributed by atoms with E-state index in [0.717, 1.165) is 38.5 Å². The Labute approximate surface area is 200 Å². The minimum Gasteiger partial charge on any atom is -0.468 e. The molecule has 0 saturated heterocycles. The molecule has 174 valence electrons. The van der Waals surface area contributed by atoms with E-state index in [4.69, 9.17) is 0 Å². The fourth-order valence-electron chi connectivity index (χ4n) is 2.89. The molecule has 0 unspecified atom stereocenters. The summed E-state index contributed by atoms with van der Waals surface area (Å²) in [5.41, 5.74) is 2.11. The second-order valence-electron chi connectivity index (χ2n) is 6.90. The van der Waals surface area contributed by atoms with Crippen molar-refractivity contribution >= 4 is 55.8 Å². The first-order valence-corrected chi connectivity index (χ1v) is 12.9. The van der Waals surface area contributed by atoms with Gasteiger partial charge in [0.2, 0.25) is 11.0 Å². The molecular formula is C21H22N4O5S3. The van der Waals surface area contributed by atoms with Gasteiger partial charge in [-0.15, -0.1) is 10.2 Å². The van der Waals surface area contributed by atoms with Crippen LogP contribution in [0.25, 0.3) is 0 Å². The van der Waals surface area contributed by atoms with Crippen LogP contribution in [0, 0.1) is 13.8 Å². The Hall–Kier alpha value is -2.96. The molecule has 0 atom stereocenters. The lowest BCUT2D eigenvalue weighted by atomic mass is 10.1. The van der Waals surface area contributed by atoms with Crippen LogP contribution in [0.1, 0.15) is 11.1 Å². The number of carbonyl (C=O) groups excluding carboxylic acids is 2. The largest absolute Gasteiger partial charge is 0.468 e. The topological polar surface area (TPSA) is 119 Å². The number of hydrogen-bond donors (Lipinski definition) is 1. The molecule has 0 bridgehead atoms. The Morgan fingerprint density at radius 2 is 1.85 bits per heavy atom. The molecule has 0 spiro atoms. The van der Waals surface area contributed by atoms with Crippen LogP contribution in [0.5, 0.6) is 0 Å². The molecule has 0 saturated carbocycles. The summed E-state index contributed by atoms with van der Waals surface area (Å²) < 4.78 is 33.0. The van der Waals surface area contributed by atoms with E-state index >= 15 is 0 Å². The quantitative estimate of drug-likeness (QED) is 0.267. The van der Waals surface area contributed by atoms with Crippen molar-refractivity contribution in [3.05, 3.63) is 59.7 Å². The Morgan fingerprint density at radius 1 is 1.12 bits per heavy atom. The van der Waals surface area contributed by atoms with Gasteiger partial charge in [-0.25, -0.2) is 8.42 Å². The summed E-state index contributed by atoms with van der Waals surface area (Å²) in [7, 11) is -2.72. The van der Waals surface area contributed by atoms with Crippen LogP contribution in [0.2, 0.25) is 0 Å². The van der Waals surface area contributed by atoms with Gasteiger partial charge in [-0.2, -0.15) is 0 Å². The maximum absolute atomic E-state index is 13.4. The van der Waals surface area contributed by atoms with E-state index in [0.29, 0.717) is 10.0 Å². The summed E-state index contributed by atoms with van der Waals surface area (Å²) in [6.45, 7) is 3.25. The number of amides is 1. The molecule has 33 heavy (non-hydrogen) atoms. The fraction of sp³-hybridized carbons (Fsp3) is 0.238.